The maximum Gasteiger partial charge on any atom is 0.159 e. The number of rotatable bonds is 6. The number of hydrogen-bond donors (Lipinski definition) is 0. The van der Waals surface area contributed by atoms with Gasteiger partial charge in [-0.2, -0.15) is 0 Å². The van der Waals surface area contributed by atoms with Gasteiger partial charge in [0.15, 0.2) is 5.82 Å². The maximum atomic E-state index is 5.05. The molecule has 3 aromatic heterocycles. The molecule has 1 unspecified atom stereocenters. The number of aromatic nitrogens is 4. The summed E-state index contributed by atoms with van der Waals surface area (Å²) in [4.78, 5) is 9.78. The van der Waals surface area contributed by atoms with Crippen LogP contribution in [0.15, 0.2) is 200 Å². The van der Waals surface area contributed by atoms with Crippen LogP contribution in [0.2, 0.25) is 0 Å². The number of benzene rings is 7. The third kappa shape index (κ3) is 5.38. The van der Waals surface area contributed by atoms with Gasteiger partial charge in [0, 0.05) is 55.6 Å². The molecule has 11 rings (SSSR count). The largest absolute Gasteiger partial charge is 0.333 e. The number of allylic oxidation sites excluding steroid dienone is 4. The summed E-state index contributed by atoms with van der Waals surface area (Å²) in [7, 11) is 0. The summed E-state index contributed by atoms with van der Waals surface area (Å²) in [5, 5.41) is 5.03. The molecule has 7 aromatic carbocycles. The van der Waals surface area contributed by atoms with E-state index in [1.807, 2.05) is 18.3 Å². The Morgan fingerprint density at radius 1 is 0.446 bits per heavy atom. The molecular formula is C52H36N4. The zero-order valence-corrected chi connectivity index (χ0v) is 30.6. The normalized spacial score (nSPS) is 14.0. The van der Waals surface area contributed by atoms with Crippen molar-refractivity contribution in [2.75, 3.05) is 0 Å². The van der Waals surface area contributed by atoms with Gasteiger partial charge in [-0.05, 0) is 83.3 Å². The van der Waals surface area contributed by atoms with E-state index in [1.165, 1.54) is 54.8 Å². The van der Waals surface area contributed by atoms with E-state index in [9.17, 15) is 0 Å². The van der Waals surface area contributed by atoms with Crippen molar-refractivity contribution in [2.24, 2.45) is 0 Å². The van der Waals surface area contributed by atoms with Crippen molar-refractivity contribution in [3.8, 4) is 50.6 Å². The molecule has 3 heterocycles. The smallest absolute Gasteiger partial charge is 0.159 e. The minimum atomic E-state index is 0.308. The van der Waals surface area contributed by atoms with E-state index in [0.717, 1.165) is 40.0 Å². The van der Waals surface area contributed by atoms with Crippen LogP contribution in [0.1, 0.15) is 12.5 Å². The van der Waals surface area contributed by atoms with Gasteiger partial charge in [-0.1, -0.05) is 140 Å². The van der Waals surface area contributed by atoms with E-state index in [-0.39, 0.29) is 0 Å². The Bertz CT molecular complexity index is 3160. The Morgan fingerprint density at radius 2 is 1.05 bits per heavy atom. The molecule has 4 nitrogen and oxygen atoms in total. The molecule has 0 fully saturated rings. The fourth-order valence-corrected chi connectivity index (χ4v) is 8.64. The summed E-state index contributed by atoms with van der Waals surface area (Å²) in [5.41, 5.74) is 13.7. The quantitative estimate of drug-likeness (QED) is 0.172. The van der Waals surface area contributed by atoms with Gasteiger partial charge in [0.05, 0.1) is 22.8 Å². The Kier molecular flexibility index (Phi) is 7.59. The van der Waals surface area contributed by atoms with Gasteiger partial charge in [0.25, 0.3) is 0 Å². The van der Waals surface area contributed by atoms with Gasteiger partial charge in [-0.25, -0.2) is 9.97 Å². The first-order valence-corrected chi connectivity index (χ1v) is 19.3. The number of para-hydroxylation sites is 2. The zero-order chi connectivity index (χ0) is 37.0. The SMILES string of the molecule is C1=CCC(n2c3ccccc3c3cc(-c4ccc5c(c4)c4ccccc4n5-c4cccc(-c5nccc(-c6ccc(-c7ccccc7)cc6)n5)c4)ccc32)C=C1. The monoisotopic (exact) mass is 716 g/mol. The van der Waals surface area contributed by atoms with Crippen molar-refractivity contribution in [1.29, 1.82) is 0 Å². The van der Waals surface area contributed by atoms with Gasteiger partial charge in [-0.15, -0.1) is 0 Å². The van der Waals surface area contributed by atoms with Gasteiger partial charge < -0.3 is 9.13 Å². The number of nitrogens with zero attached hydrogens (tertiary/aromatic N) is 4. The summed E-state index contributed by atoms with van der Waals surface area (Å²) in [6.07, 6.45) is 11.8. The Balaban J connectivity index is 0.976. The fraction of sp³-hybridized carbons (Fsp3) is 0.0385. The van der Waals surface area contributed by atoms with E-state index in [4.69, 9.17) is 9.97 Å². The highest BCUT2D eigenvalue weighted by Gasteiger charge is 2.19. The predicted octanol–water partition coefficient (Wildman–Crippen LogP) is 13.4. The Hall–Kier alpha value is -7.30. The molecule has 0 saturated carbocycles. The Morgan fingerprint density at radius 3 is 1.84 bits per heavy atom. The molecule has 1 atom stereocenters. The first kappa shape index (κ1) is 32.2. The van der Waals surface area contributed by atoms with Crippen molar-refractivity contribution >= 4 is 43.6 Å². The summed E-state index contributed by atoms with van der Waals surface area (Å²) >= 11 is 0. The Labute approximate surface area is 325 Å². The standard InChI is InChI=1S/C52H36N4/c1-3-12-35(13-4-1)36-22-24-37(25-23-36)47-30-31-53-52(54-47)40-14-11-17-42(32-40)56-49-21-10-8-19-44(49)46-34-39(27-29-51(46)56)38-26-28-50-45(33-38)43-18-7-9-20-48(43)55(50)41-15-5-2-6-16-41/h1-15,17-34,41H,16H2. The molecule has 0 saturated heterocycles. The van der Waals surface area contributed by atoms with Crippen LogP contribution in [0.4, 0.5) is 0 Å². The van der Waals surface area contributed by atoms with Gasteiger partial charge in [0.1, 0.15) is 0 Å². The lowest BCUT2D eigenvalue weighted by Gasteiger charge is -2.18. The minimum absolute atomic E-state index is 0.308. The second-order valence-corrected chi connectivity index (χ2v) is 14.6. The van der Waals surface area contributed by atoms with Crippen molar-refractivity contribution in [3.05, 3.63) is 200 Å². The van der Waals surface area contributed by atoms with E-state index in [0.29, 0.717) is 11.9 Å². The molecule has 10 aromatic rings. The average molecular weight is 717 g/mol. The minimum Gasteiger partial charge on any atom is -0.333 e. The molecule has 0 bridgehead atoms. The first-order valence-electron chi connectivity index (χ1n) is 19.3. The summed E-state index contributed by atoms with van der Waals surface area (Å²) in [6.45, 7) is 0. The van der Waals surface area contributed by atoms with Gasteiger partial charge in [0.2, 0.25) is 0 Å². The third-order valence-electron chi connectivity index (χ3n) is 11.3. The molecule has 264 valence electrons. The van der Waals surface area contributed by atoms with E-state index >= 15 is 0 Å². The van der Waals surface area contributed by atoms with Crippen molar-refractivity contribution in [2.45, 2.75) is 12.5 Å². The lowest BCUT2D eigenvalue weighted by molar-refractivity contribution is 0.648. The van der Waals surface area contributed by atoms with Crippen LogP contribution in [-0.4, -0.2) is 19.1 Å². The molecule has 4 heteroatoms. The average Bonchev–Trinajstić information content (AvgIpc) is 3.79. The summed E-state index contributed by atoms with van der Waals surface area (Å²) < 4.78 is 4.87. The first-order chi connectivity index (χ1) is 27.8. The maximum absolute atomic E-state index is 5.05. The van der Waals surface area contributed by atoms with Crippen molar-refractivity contribution in [1.82, 2.24) is 19.1 Å². The van der Waals surface area contributed by atoms with E-state index in [1.54, 1.807) is 0 Å². The van der Waals surface area contributed by atoms with Crippen LogP contribution in [0.3, 0.4) is 0 Å². The van der Waals surface area contributed by atoms with Crippen LogP contribution in [-0.2, 0) is 0 Å². The van der Waals surface area contributed by atoms with Crippen LogP contribution >= 0.6 is 0 Å². The molecule has 56 heavy (non-hydrogen) atoms. The molecule has 0 N–H and O–H groups in total. The molecule has 0 aliphatic heterocycles. The molecule has 1 aliphatic rings. The van der Waals surface area contributed by atoms with Gasteiger partial charge >= 0.3 is 0 Å². The summed E-state index contributed by atoms with van der Waals surface area (Å²) in [5.74, 6) is 0.701. The highest BCUT2D eigenvalue weighted by atomic mass is 15.0. The van der Waals surface area contributed by atoms with Crippen LogP contribution in [0, 0.1) is 0 Å². The topological polar surface area (TPSA) is 35.6 Å². The van der Waals surface area contributed by atoms with Gasteiger partial charge in [-0.3, -0.25) is 0 Å². The van der Waals surface area contributed by atoms with E-state index < -0.39 is 0 Å². The second kappa shape index (κ2) is 13.2. The lowest BCUT2D eigenvalue weighted by atomic mass is 10.0. The van der Waals surface area contributed by atoms with Crippen LogP contribution < -0.4 is 0 Å². The fourth-order valence-electron chi connectivity index (χ4n) is 8.64. The molecule has 1 aliphatic carbocycles. The lowest BCUT2D eigenvalue weighted by Crippen LogP contribution is -2.06. The third-order valence-corrected chi connectivity index (χ3v) is 11.3. The van der Waals surface area contributed by atoms with Crippen LogP contribution in [0.25, 0.3) is 94.2 Å². The molecule has 0 spiro atoms. The molecular weight excluding hydrogens is 681 g/mol. The summed E-state index contributed by atoms with van der Waals surface area (Å²) in [6, 6.07) is 61.3. The van der Waals surface area contributed by atoms with Crippen LogP contribution in [0.5, 0.6) is 0 Å². The second-order valence-electron chi connectivity index (χ2n) is 14.6. The molecule has 0 amide bonds. The molecule has 0 radical (unpaired) electrons. The van der Waals surface area contributed by atoms with Crippen molar-refractivity contribution < 1.29 is 0 Å². The highest BCUT2D eigenvalue weighted by Crippen LogP contribution is 2.39. The highest BCUT2D eigenvalue weighted by molar-refractivity contribution is 6.12. The zero-order valence-electron chi connectivity index (χ0n) is 30.6. The van der Waals surface area contributed by atoms with E-state index in [2.05, 4.69) is 191 Å². The number of fused-ring (bicyclic) bond motifs is 6. The number of hydrogen-bond acceptors (Lipinski definition) is 2. The van der Waals surface area contributed by atoms with Crippen molar-refractivity contribution in [3.63, 3.8) is 0 Å². The predicted molar refractivity (Wildman–Crippen MR) is 233 cm³/mol.